The van der Waals surface area contributed by atoms with E-state index < -0.39 is 27.1 Å². The maximum Gasteiger partial charge on any atom is 0.397 e. The van der Waals surface area contributed by atoms with Crippen LogP contribution in [-0.4, -0.2) is 38.4 Å². The second-order valence-corrected chi connectivity index (χ2v) is 9.32. The van der Waals surface area contributed by atoms with E-state index in [0.29, 0.717) is 35.3 Å². The first kappa shape index (κ1) is 24.4. The molecule has 10 heteroatoms. The largest absolute Gasteiger partial charge is 0.459 e. The number of para-hydroxylation sites is 2. The lowest BCUT2D eigenvalue weighted by molar-refractivity contribution is -0.152. The zero-order chi connectivity index (χ0) is 23.8. The van der Waals surface area contributed by atoms with Crippen molar-refractivity contribution in [2.24, 2.45) is 0 Å². The Morgan fingerprint density at radius 2 is 1.82 bits per heavy atom. The number of amides is 1. The van der Waals surface area contributed by atoms with E-state index in [2.05, 4.69) is 19.8 Å². The van der Waals surface area contributed by atoms with E-state index in [9.17, 15) is 18.0 Å². The SMILES string of the molecule is CCCCNS(=O)(=O)C(Cc1ccc(NC(=O)C(=O)OCC)cc1)c1nc2ccccc2o1. The second-order valence-electron chi connectivity index (χ2n) is 7.38. The van der Waals surface area contributed by atoms with Crippen molar-refractivity contribution in [1.29, 1.82) is 0 Å². The Labute approximate surface area is 192 Å². The van der Waals surface area contributed by atoms with Crippen LogP contribution in [0.3, 0.4) is 0 Å². The van der Waals surface area contributed by atoms with Crippen molar-refractivity contribution in [3.8, 4) is 0 Å². The first-order valence-electron chi connectivity index (χ1n) is 10.7. The van der Waals surface area contributed by atoms with Gasteiger partial charge in [0.2, 0.25) is 15.9 Å². The smallest absolute Gasteiger partial charge is 0.397 e. The van der Waals surface area contributed by atoms with Crippen molar-refractivity contribution in [3.05, 3.63) is 60.0 Å². The average molecular weight is 474 g/mol. The van der Waals surface area contributed by atoms with Crippen molar-refractivity contribution in [2.45, 2.75) is 38.4 Å². The molecular formula is C23H27N3O6S. The molecule has 2 N–H and O–H groups in total. The molecule has 0 aliphatic rings. The molecule has 3 aromatic rings. The topological polar surface area (TPSA) is 128 Å². The van der Waals surface area contributed by atoms with Crippen molar-refractivity contribution >= 4 is 38.7 Å². The predicted molar refractivity (Wildman–Crippen MR) is 124 cm³/mol. The molecule has 1 aromatic heterocycles. The first-order chi connectivity index (χ1) is 15.8. The number of esters is 1. The van der Waals surface area contributed by atoms with Crippen LogP contribution in [0.1, 0.15) is 43.4 Å². The Morgan fingerprint density at radius 1 is 1.09 bits per heavy atom. The van der Waals surface area contributed by atoms with Gasteiger partial charge >= 0.3 is 11.9 Å². The molecule has 33 heavy (non-hydrogen) atoms. The monoisotopic (exact) mass is 473 g/mol. The molecule has 176 valence electrons. The molecule has 0 spiro atoms. The molecule has 9 nitrogen and oxygen atoms in total. The molecule has 3 rings (SSSR count). The molecule has 1 atom stereocenters. The quantitative estimate of drug-likeness (QED) is 0.263. The zero-order valence-electron chi connectivity index (χ0n) is 18.5. The van der Waals surface area contributed by atoms with Crippen LogP contribution in [0.2, 0.25) is 0 Å². The summed E-state index contributed by atoms with van der Waals surface area (Å²) in [5, 5.41) is 1.41. The number of fused-ring (bicyclic) bond motifs is 1. The molecule has 1 amide bonds. The number of ether oxygens (including phenoxy) is 1. The summed E-state index contributed by atoms with van der Waals surface area (Å²) in [5.41, 5.74) is 2.17. The summed E-state index contributed by atoms with van der Waals surface area (Å²) in [5.74, 6) is -1.74. The third kappa shape index (κ3) is 6.39. The number of aromatic nitrogens is 1. The van der Waals surface area contributed by atoms with Crippen LogP contribution in [0.25, 0.3) is 11.1 Å². The van der Waals surface area contributed by atoms with E-state index in [0.717, 1.165) is 6.42 Å². The number of nitrogens with zero attached hydrogens (tertiary/aromatic N) is 1. The average Bonchev–Trinajstić information content (AvgIpc) is 3.22. The normalized spacial score (nSPS) is 12.4. The number of carbonyl (C=O) groups excluding carboxylic acids is 2. The molecule has 1 heterocycles. The number of hydrogen-bond donors (Lipinski definition) is 2. The third-order valence-corrected chi connectivity index (χ3v) is 6.61. The minimum Gasteiger partial charge on any atom is -0.459 e. The number of rotatable bonds is 10. The van der Waals surface area contributed by atoms with E-state index in [1.54, 1.807) is 55.5 Å². The van der Waals surface area contributed by atoms with E-state index in [1.807, 2.05) is 6.92 Å². The number of anilines is 1. The highest BCUT2D eigenvalue weighted by Gasteiger charge is 2.32. The van der Waals surface area contributed by atoms with Gasteiger partial charge in [0, 0.05) is 12.2 Å². The predicted octanol–water partition coefficient (Wildman–Crippen LogP) is 3.33. The Kier molecular flexibility index (Phi) is 8.18. The Balaban J connectivity index is 1.82. The molecule has 0 saturated heterocycles. The molecule has 0 aliphatic carbocycles. The summed E-state index contributed by atoms with van der Waals surface area (Å²) in [6.07, 6.45) is 1.68. The number of sulfonamides is 1. The van der Waals surface area contributed by atoms with Gasteiger partial charge in [-0.25, -0.2) is 22.9 Å². The minimum absolute atomic E-state index is 0.100. The van der Waals surface area contributed by atoms with Crippen molar-refractivity contribution in [3.63, 3.8) is 0 Å². The summed E-state index contributed by atoms with van der Waals surface area (Å²) < 4.78 is 39.3. The fraction of sp³-hybridized carbons (Fsp3) is 0.348. The van der Waals surface area contributed by atoms with Crippen LogP contribution in [0.4, 0.5) is 5.69 Å². The van der Waals surface area contributed by atoms with E-state index >= 15 is 0 Å². The molecule has 0 saturated carbocycles. The number of hydrogen-bond acceptors (Lipinski definition) is 7. The number of nitrogens with one attached hydrogen (secondary N) is 2. The lowest BCUT2D eigenvalue weighted by Gasteiger charge is -2.16. The lowest BCUT2D eigenvalue weighted by Crippen LogP contribution is -2.31. The highest BCUT2D eigenvalue weighted by atomic mass is 32.2. The van der Waals surface area contributed by atoms with Gasteiger partial charge in [0.1, 0.15) is 5.52 Å². The summed E-state index contributed by atoms with van der Waals surface area (Å²) >= 11 is 0. The van der Waals surface area contributed by atoms with Gasteiger partial charge in [-0.2, -0.15) is 0 Å². The molecule has 1 unspecified atom stereocenters. The van der Waals surface area contributed by atoms with E-state index in [4.69, 9.17) is 4.42 Å². The number of carbonyl (C=O) groups is 2. The number of oxazole rings is 1. The van der Waals surface area contributed by atoms with Crippen molar-refractivity contribution < 1.29 is 27.2 Å². The Bertz CT molecular complexity index is 1170. The summed E-state index contributed by atoms with van der Waals surface area (Å²) in [4.78, 5) is 27.7. The molecule has 0 aliphatic heterocycles. The van der Waals surface area contributed by atoms with Crippen LogP contribution in [-0.2, 0) is 30.8 Å². The fourth-order valence-electron chi connectivity index (χ4n) is 3.17. The Hall–Kier alpha value is -3.24. The zero-order valence-corrected chi connectivity index (χ0v) is 19.4. The fourth-order valence-corrected chi connectivity index (χ4v) is 4.57. The molecule has 2 aromatic carbocycles. The number of benzene rings is 2. The van der Waals surface area contributed by atoms with Crippen LogP contribution in [0.15, 0.2) is 52.9 Å². The molecular weight excluding hydrogens is 446 g/mol. The van der Waals surface area contributed by atoms with Crippen LogP contribution in [0, 0.1) is 0 Å². The van der Waals surface area contributed by atoms with Gasteiger partial charge in [-0.1, -0.05) is 37.6 Å². The van der Waals surface area contributed by atoms with E-state index in [1.165, 1.54) is 0 Å². The van der Waals surface area contributed by atoms with Gasteiger partial charge in [0.15, 0.2) is 10.8 Å². The maximum atomic E-state index is 13.1. The summed E-state index contributed by atoms with van der Waals surface area (Å²) in [6.45, 7) is 4.02. The molecule has 0 radical (unpaired) electrons. The van der Waals surface area contributed by atoms with E-state index in [-0.39, 0.29) is 18.9 Å². The van der Waals surface area contributed by atoms with Crippen LogP contribution >= 0.6 is 0 Å². The summed E-state index contributed by atoms with van der Waals surface area (Å²) in [7, 11) is -3.78. The molecule has 0 fully saturated rings. The van der Waals surface area contributed by atoms with Crippen LogP contribution in [0.5, 0.6) is 0 Å². The number of unbranched alkanes of at least 4 members (excludes halogenated alkanes) is 1. The Morgan fingerprint density at radius 3 is 2.48 bits per heavy atom. The van der Waals surface area contributed by atoms with Gasteiger partial charge in [0.05, 0.1) is 6.61 Å². The van der Waals surface area contributed by atoms with Gasteiger partial charge in [-0.15, -0.1) is 0 Å². The third-order valence-electron chi connectivity index (χ3n) is 4.89. The van der Waals surface area contributed by atoms with Gasteiger partial charge in [-0.3, -0.25) is 4.79 Å². The summed E-state index contributed by atoms with van der Waals surface area (Å²) in [6, 6.07) is 13.6. The minimum atomic E-state index is -3.78. The van der Waals surface area contributed by atoms with Gasteiger partial charge in [0.25, 0.3) is 0 Å². The standard InChI is InChI=1S/C23H27N3O6S/c1-3-5-14-24-33(29,30)20(22-26-18-8-6-7-9-19(18)32-22)15-16-10-12-17(13-11-16)25-21(27)23(28)31-4-2/h6-13,20,24H,3-5,14-15H2,1-2H3,(H,25,27). The first-order valence-corrected chi connectivity index (χ1v) is 12.3. The second kappa shape index (κ2) is 11.1. The van der Waals surface area contributed by atoms with Gasteiger partial charge < -0.3 is 14.5 Å². The maximum absolute atomic E-state index is 13.1. The van der Waals surface area contributed by atoms with Crippen LogP contribution < -0.4 is 10.0 Å². The molecule has 0 bridgehead atoms. The van der Waals surface area contributed by atoms with Gasteiger partial charge in [-0.05, 0) is 49.6 Å². The van der Waals surface area contributed by atoms with Crippen molar-refractivity contribution in [1.82, 2.24) is 9.71 Å². The lowest BCUT2D eigenvalue weighted by atomic mass is 10.1. The highest BCUT2D eigenvalue weighted by Crippen LogP contribution is 2.29. The van der Waals surface area contributed by atoms with Crippen molar-refractivity contribution in [2.75, 3.05) is 18.5 Å². The highest BCUT2D eigenvalue weighted by molar-refractivity contribution is 7.89.